The van der Waals surface area contributed by atoms with Crippen LogP contribution >= 0.6 is 0 Å². The van der Waals surface area contributed by atoms with E-state index in [1.807, 2.05) is 0 Å². The maximum absolute atomic E-state index is 13.0. The van der Waals surface area contributed by atoms with Crippen LogP contribution in [-0.2, 0) is 14.8 Å². The minimum atomic E-state index is -4.29. The summed E-state index contributed by atoms with van der Waals surface area (Å²) in [5, 5.41) is 11.1. The molecule has 2 aromatic carbocycles. The molecule has 2 rings (SSSR count). The zero-order valence-corrected chi connectivity index (χ0v) is 17.2. The summed E-state index contributed by atoms with van der Waals surface area (Å²) in [6, 6.07) is 4.78. The highest BCUT2D eigenvalue weighted by Gasteiger charge is 2.26. The molecule has 0 heterocycles. The number of non-ortho nitro benzene ring substituents is 1. The highest BCUT2D eigenvalue weighted by Crippen LogP contribution is 2.35. The van der Waals surface area contributed by atoms with E-state index in [4.69, 9.17) is 14.2 Å². The van der Waals surface area contributed by atoms with E-state index in [-0.39, 0.29) is 33.3 Å². The molecule has 0 aromatic heterocycles. The Hall–Kier alpha value is -3.34. The summed E-state index contributed by atoms with van der Waals surface area (Å²) in [4.78, 5) is 22.3. The molecule has 2 aromatic rings. The molecule has 0 saturated carbocycles. The van der Waals surface area contributed by atoms with E-state index in [2.05, 4.69) is 4.72 Å². The van der Waals surface area contributed by atoms with Gasteiger partial charge in [-0.15, -0.1) is 0 Å². The van der Waals surface area contributed by atoms with Crippen LogP contribution in [-0.4, -0.2) is 40.6 Å². The summed E-state index contributed by atoms with van der Waals surface area (Å²) in [5.74, 6) is -0.446. The number of nitro groups is 1. The average Bonchev–Trinajstić information content (AvgIpc) is 2.68. The number of nitrogens with one attached hydrogen (secondary N) is 1. The van der Waals surface area contributed by atoms with E-state index in [9.17, 15) is 23.3 Å². The summed E-state index contributed by atoms with van der Waals surface area (Å²) >= 11 is 0. The van der Waals surface area contributed by atoms with Gasteiger partial charge in [0.15, 0.2) is 11.5 Å². The van der Waals surface area contributed by atoms with Crippen LogP contribution in [0.15, 0.2) is 29.2 Å². The van der Waals surface area contributed by atoms with Crippen LogP contribution in [0.4, 0.5) is 11.4 Å². The first-order valence-corrected chi connectivity index (χ1v) is 9.66. The lowest BCUT2D eigenvalue weighted by molar-refractivity contribution is -0.385. The number of sulfonamides is 1. The van der Waals surface area contributed by atoms with Gasteiger partial charge in [0.2, 0.25) is 0 Å². The van der Waals surface area contributed by atoms with Crippen molar-refractivity contribution in [2.24, 2.45) is 0 Å². The lowest BCUT2D eigenvalue weighted by Gasteiger charge is -2.16. The summed E-state index contributed by atoms with van der Waals surface area (Å²) < 4.78 is 43.3. The number of hydrogen-bond donors (Lipinski definition) is 1. The Morgan fingerprint density at radius 3 is 2.14 bits per heavy atom. The van der Waals surface area contributed by atoms with Gasteiger partial charge in [-0.05, 0) is 25.0 Å². The van der Waals surface area contributed by atoms with Gasteiger partial charge in [-0.25, -0.2) is 13.2 Å². The van der Waals surface area contributed by atoms with E-state index < -0.39 is 20.9 Å². The molecular formula is C18H20N2O8S. The third kappa shape index (κ3) is 4.40. The maximum atomic E-state index is 13.0. The summed E-state index contributed by atoms with van der Waals surface area (Å²) in [5.41, 5.74) is 0.156. The monoisotopic (exact) mass is 424 g/mol. The highest BCUT2D eigenvalue weighted by atomic mass is 32.2. The molecular weight excluding hydrogens is 404 g/mol. The fourth-order valence-electron chi connectivity index (χ4n) is 2.64. The van der Waals surface area contributed by atoms with Gasteiger partial charge in [0, 0.05) is 24.3 Å². The molecule has 0 fully saturated rings. The minimum absolute atomic E-state index is 0.117. The van der Waals surface area contributed by atoms with Gasteiger partial charge >= 0.3 is 5.97 Å². The van der Waals surface area contributed by atoms with Gasteiger partial charge in [0.05, 0.1) is 42.4 Å². The number of rotatable bonds is 7. The molecule has 0 atom stereocenters. The predicted molar refractivity (Wildman–Crippen MR) is 104 cm³/mol. The number of anilines is 1. The number of carbonyl (C=O) groups is 1. The normalized spacial score (nSPS) is 10.9. The second kappa shape index (κ2) is 8.35. The molecule has 10 nitrogen and oxygen atoms in total. The van der Waals surface area contributed by atoms with Crippen LogP contribution in [0.3, 0.4) is 0 Å². The largest absolute Gasteiger partial charge is 0.493 e. The number of carbonyl (C=O) groups excluding carboxylic acids is 1. The molecule has 0 aliphatic carbocycles. The molecule has 0 amide bonds. The molecule has 1 N–H and O–H groups in total. The van der Waals surface area contributed by atoms with E-state index in [1.54, 1.807) is 6.92 Å². The summed E-state index contributed by atoms with van der Waals surface area (Å²) in [6.45, 7) is 3.10. The number of nitrogens with zero attached hydrogens (tertiary/aromatic N) is 1. The number of aryl methyl sites for hydroxylation is 1. The Balaban J connectivity index is 2.66. The van der Waals surface area contributed by atoms with Crippen LogP contribution < -0.4 is 14.2 Å². The molecule has 29 heavy (non-hydrogen) atoms. The van der Waals surface area contributed by atoms with Crippen molar-refractivity contribution >= 4 is 27.4 Å². The smallest absolute Gasteiger partial charge is 0.340 e. The van der Waals surface area contributed by atoms with E-state index in [0.717, 1.165) is 13.2 Å². The van der Waals surface area contributed by atoms with Crippen molar-refractivity contribution in [3.63, 3.8) is 0 Å². The van der Waals surface area contributed by atoms with Crippen molar-refractivity contribution in [2.75, 3.05) is 26.1 Å². The molecule has 0 unspecified atom stereocenters. The van der Waals surface area contributed by atoms with Crippen LogP contribution in [0.5, 0.6) is 11.5 Å². The SMILES string of the molecule is COC(=O)c1cc(OC)c(OC)cc1NS(=O)(=O)c1cc([N+](=O)[O-])cc(C)c1C. The second-order valence-corrected chi connectivity index (χ2v) is 7.64. The Bertz CT molecular complexity index is 1080. The minimum Gasteiger partial charge on any atom is -0.493 e. The molecule has 156 valence electrons. The van der Waals surface area contributed by atoms with Crippen LogP contribution in [0, 0.1) is 24.0 Å². The first-order valence-electron chi connectivity index (χ1n) is 8.18. The van der Waals surface area contributed by atoms with Crippen LogP contribution in [0.2, 0.25) is 0 Å². The highest BCUT2D eigenvalue weighted by molar-refractivity contribution is 7.92. The van der Waals surface area contributed by atoms with Gasteiger partial charge in [-0.3, -0.25) is 14.8 Å². The third-order valence-electron chi connectivity index (χ3n) is 4.28. The molecule has 0 saturated heterocycles. The number of esters is 1. The molecule has 0 aliphatic heterocycles. The number of ether oxygens (including phenoxy) is 3. The van der Waals surface area contributed by atoms with Crippen molar-refractivity contribution in [1.29, 1.82) is 0 Å². The zero-order valence-electron chi connectivity index (χ0n) is 16.4. The van der Waals surface area contributed by atoms with E-state index in [0.29, 0.717) is 11.1 Å². The maximum Gasteiger partial charge on any atom is 0.340 e. The molecule has 0 radical (unpaired) electrons. The fraction of sp³-hybridized carbons (Fsp3) is 0.278. The van der Waals surface area contributed by atoms with Gasteiger partial charge in [0.1, 0.15) is 0 Å². The van der Waals surface area contributed by atoms with Crippen LogP contribution in [0.25, 0.3) is 0 Å². The summed E-state index contributed by atoms with van der Waals surface area (Å²) in [7, 11) is -0.437. The molecule has 0 aliphatic rings. The zero-order chi connectivity index (χ0) is 21.9. The number of methoxy groups -OCH3 is 3. The van der Waals surface area contributed by atoms with Gasteiger partial charge in [-0.2, -0.15) is 0 Å². The summed E-state index contributed by atoms with van der Waals surface area (Å²) in [6.07, 6.45) is 0. The quantitative estimate of drug-likeness (QED) is 0.407. The Kier molecular flexibility index (Phi) is 6.32. The van der Waals surface area contributed by atoms with Crippen molar-refractivity contribution in [2.45, 2.75) is 18.7 Å². The average molecular weight is 424 g/mol. The first-order chi connectivity index (χ1) is 13.5. The van der Waals surface area contributed by atoms with Crippen molar-refractivity contribution in [3.8, 4) is 11.5 Å². The van der Waals surface area contributed by atoms with Crippen molar-refractivity contribution in [3.05, 3.63) is 51.1 Å². The second-order valence-electron chi connectivity index (χ2n) is 5.99. The molecule has 0 bridgehead atoms. The van der Waals surface area contributed by atoms with Crippen molar-refractivity contribution < 1.29 is 32.3 Å². The van der Waals surface area contributed by atoms with E-state index in [1.165, 1.54) is 39.3 Å². The topological polar surface area (TPSA) is 134 Å². The van der Waals surface area contributed by atoms with Crippen molar-refractivity contribution in [1.82, 2.24) is 0 Å². The van der Waals surface area contributed by atoms with Gasteiger partial charge in [-0.1, -0.05) is 0 Å². The number of nitro benzene ring substituents is 1. The standard InChI is InChI=1S/C18H20N2O8S/c1-10-6-12(20(22)23)7-17(11(10)2)29(24,25)19-14-9-16(27-4)15(26-3)8-13(14)18(21)28-5/h6-9,19H,1-5H3. The number of hydrogen-bond acceptors (Lipinski definition) is 8. The fourth-order valence-corrected chi connectivity index (χ4v) is 4.04. The predicted octanol–water partition coefficient (Wildman–Crippen LogP) is 2.82. The first kappa shape index (κ1) is 22.0. The molecule has 0 spiro atoms. The van der Waals surface area contributed by atoms with Gasteiger partial charge in [0.25, 0.3) is 15.7 Å². The molecule has 11 heteroatoms. The Morgan fingerprint density at radius 2 is 1.62 bits per heavy atom. The lowest BCUT2D eigenvalue weighted by Crippen LogP contribution is -2.18. The number of benzene rings is 2. The lowest BCUT2D eigenvalue weighted by atomic mass is 10.1. The van der Waals surface area contributed by atoms with E-state index >= 15 is 0 Å². The third-order valence-corrected chi connectivity index (χ3v) is 5.77. The van der Waals surface area contributed by atoms with Crippen LogP contribution in [0.1, 0.15) is 21.5 Å². The Morgan fingerprint density at radius 1 is 1.03 bits per heavy atom. The Labute approximate surface area is 167 Å². The van der Waals surface area contributed by atoms with Gasteiger partial charge < -0.3 is 14.2 Å².